The van der Waals surface area contributed by atoms with Gasteiger partial charge in [0.15, 0.2) is 0 Å². The van der Waals surface area contributed by atoms with E-state index in [4.69, 9.17) is 10.00 Å². The van der Waals surface area contributed by atoms with E-state index in [0.717, 1.165) is 0 Å². The smallest absolute Gasteiger partial charge is 0.392 e. The SMILES string of the molecule is Cc1cccc(C#N)c1OCCC(F)(F)F. The first-order valence-electron chi connectivity index (χ1n) is 4.63. The Balaban J connectivity index is 2.71. The molecule has 2 nitrogen and oxygen atoms in total. The highest BCUT2D eigenvalue weighted by Gasteiger charge is 2.27. The minimum atomic E-state index is -4.24. The molecule has 16 heavy (non-hydrogen) atoms. The average molecular weight is 229 g/mol. The van der Waals surface area contributed by atoms with E-state index >= 15 is 0 Å². The fraction of sp³-hybridized carbons (Fsp3) is 0.364. The lowest BCUT2D eigenvalue weighted by Gasteiger charge is -2.11. The summed E-state index contributed by atoms with van der Waals surface area (Å²) in [4.78, 5) is 0. The molecule has 86 valence electrons. The Hall–Kier alpha value is -1.70. The van der Waals surface area contributed by atoms with E-state index in [-0.39, 0.29) is 11.3 Å². The van der Waals surface area contributed by atoms with Crippen molar-refractivity contribution >= 4 is 0 Å². The number of hydrogen-bond acceptors (Lipinski definition) is 2. The van der Waals surface area contributed by atoms with Gasteiger partial charge in [-0.05, 0) is 18.6 Å². The molecule has 0 unspecified atom stereocenters. The zero-order valence-corrected chi connectivity index (χ0v) is 8.64. The van der Waals surface area contributed by atoms with E-state index in [2.05, 4.69) is 0 Å². The molecule has 0 fully saturated rings. The van der Waals surface area contributed by atoms with Gasteiger partial charge in [-0.3, -0.25) is 0 Å². The molecule has 0 radical (unpaired) electrons. The lowest BCUT2D eigenvalue weighted by molar-refractivity contribution is -0.139. The van der Waals surface area contributed by atoms with Crippen LogP contribution in [0.4, 0.5) is 13.2 Å². The Bertz CT molecular complexity index is 407. The number of rotatable bonds is 3. The normalized spacial score (nSPS) is 10.9. The first-order chi connectivity index (χ1) is 7.44. The molecular weight excluding hydrogens is 219 g/mol. The third kappa shape index (κ3) is 3.46. The largest absolute Gasteiger partial charge is 0.492 e. The van der Waals surface area contributed by atoms with Crippen molar-refractivity contribution in [3.63, 3.8) is 0 Å². The standard InChI is InChI=1S/C11H10F3NO/c1-8-3-2-4-9(7-15)10(8)16-6-5-11(12,13)14/h2-4H,5-6H2,1H3. The van der Waals surface area contributed by atoms with Crippen LogP contribution in [0, 0.1) is 18.3 Å². The van der Waals surface area contributed by atoms with Gasteiger partial charge in [0, 0.05) is 0 Å². The molecule has 0 aromatic heterocycles. The molecule has 0 N–H and O–H groups in total. The van der Waals surface area contributed by atoms with Crippen LogP contribution < -0.4 is 4.74 Å². The number of halogens is 3. The molecule has 1 aromatic rings. The number of nitrogens with zero attached hydrogens (tertiary/aromatic N) is 1. The summed E-state index contributed by atoms with van der Waals surface area (Å²) in [5.41, 5.74) is 0.906. The molecule has 0 atom stereocenters. The second-order valence-electron chi connectivity index (χ2n) is 3.28. The second-order valence-corrected chi connectivity index (χ2v) is 3.28. The molecule has 1 rings (SSSR count). The molecule has 0 saturated carbocycles. The molecule has 0 bridgehead atoms. The van der Waals surface area contributed by atoms with Gasteiger partial charge in [-0.2, -0.15) is 18.4 Å². The zero-order chi connectivity index (χ0) is 12.2. The summed E-state index contributed by atoms with van der Waals surface area (Å²) in [6, 6.07) is 6.73. The number of alkyl halides is 3. The van der Waals surface area contributed by atoms with Gasteiger partial charge >= 0.3 is 6.18 Å². The molecule has 0 aliphatic carbocycles. The summed E-state index contributed by atoms with van der Waals surface area (Å²) in [5.74, 6) is 0.231. The van der Waals surface area contributed by atoms with E-state index in [1.54, 1.807) is 19.1 Å². The average Bonchev–Trinajstić information content (AvgIpc) is 2.18. The lowest BCUT2D eigenvalue weighted by Crippen LogP contribution is -2.13. The molecule has 0 spiro atoms. The van der Waals surface area contributed by atoms with Crippen LogP contribution in [0.2, 0.25) is 0 Å². The lowest BCUT2D eigenvalue weighted by atomic mass is 10.1. The first-order valence-corrected chi connectivity index (χ1v) is 4.63. The molecule has 0 saturated heterocycles. The molecule has 5 heteroatoms. The van der Waals surface area contributed by atoms with Crippen LogP contribution in [0.3, 0.4) is 0 Å². The summed E-state index contributed by atoms with van der Waals surface area (Å²) in [6.07, 6.45) is -5.26. The van der Waals surface area contributed by atoms with Gasteiger partial charge in [0.25, 0.3) is 0 Å². The van der Waals surface area contributed by atoms with Gasteiger partial charge in [-0.1, -0.05) is 12.1 Å². The molecular formula is C11H10F3NO. The highest BCUT2D eigenvalue weighted by Crippen LogP contribution is 2.25. The number of ether oxygens (including phenoxy) is 1. The third-order valence-corrected chi connectivity index (χ3v) is 1.96. The van der Waals surface area contributed by atoms with Crippen molar-refractivity contribution in [2.75, 3.05) is 6.61 Å². The zero-order valence-electron chi connectivity index (χ0n) is 8.64. The number of nitriles is 1. The quantitative estimate of drug-likeness (QED) is 0.797. The fourth-order valence-electron chi connectivity index (χ4n) is 1.20. The summed E-state index contributed by atoms with van der Waals surface area (Å²) in [5, 5.41) is 8.75. The highest BCUT2D eigenvalue weighted by molar-refractivity contribution is 5.47. The van der Waals surface area contributed by atoms with Crippen molar-refractivity contribution in [3.05, 3.63) is 29.3 Å². The van der Waals surface area contributed by atoms with E-state index in [0.29, 0.717) is 5.56 Å². The van der Waals surface area contributed by atoms with Crippen LogP contribution in [-0.4, -0.2) is 12.8 Å². The van der Waals surface area contributed by atoms with Crippen molar-refractivity contribution in [1.82, 2.24) is 0 Å². The Morgan fingerprint density at radius 2 is 2.06 bits per heavy atom. The highest BCUT2D eigenvalue weighted by atomic mass is 19.4. The van der Waals surface area contributed by atoms with Crippen molar-refractivity contribution < 1.29 is 17.9 Å². The number of aryl methyl sites for hydroxylation is 1. The predicted octanol–water partition coefficient (Wildman–Crippen LogP) is 3.20. The number of hydrogen-bond donors (Lipinski definition) is 0. The monoisotopic (exact) mass is 229 g/mol. The molecule has 0 aliphatic heterocycles. The van der Waals surface area contributed by atoms with Crippen LogP contribution in [0.5, 0.6) is 5.75 Å². The summed E-state index contributed by atoms with van der Waals surface area (Å²) in [7, 11) is 0. The van der Waals surface area contributed by atoms with Crippen LogP contribution >= 0.6 is 0 Å². The maximum atomic E-state index is 11.9. The maximum Gasteiger partial charge on any atom is 0.392 e. The van der Waals surface area contributed by atoms with E-state index in [9.17, 15) is 13.2 Å². The van der Waals surface area contributed by atoms with Gasteiger partial charge in [-0.25, -0.2) is 0 Å². The molecule has 1 aromatic carbocycles. The van der Waals surface area contributed by atoms with Crippen LogP contribution in [-0.2, 0) is 0 Å². The van der Waals surface area contributed by atoms with Crippen molar-refractivity contribution in [2.24, 2.45) is 0 Å². The van der Waals surface area contributed by atoms with Crippen LogP contribution in [0.15, 0.2) is 18.2 Å². The molecule has 0 heterocycles. The first kappa shape index (κ1) is 12.4. The Morgan fingerprint density at radius 1 is 1.38 bits per heavy atom. The minimum Gasteiger partial charge on any atom is -0.492 e. The summed E-state index contributed by atoms with van der Waals surface area (Å²) >= 11 is 0. The van der Waals surface area contributed by atoms with Gasteiger partial charge in [0.1, 0.15) is 11.8 Å². The molecule has 0 aliphatic rings. The Kier molecular flexibility index (Phi) is 3.78. The van der Waals surface area contributed by atoms with Gasteiger partial charge in [0.2, 0.25) is 0 Å². The summed E-state index contributed by atoms with van der Waals surface area (Å²) in [6.45, 7) is 1.22. The third-order valence-electron chi connectivity index (χ3n) is 1.96. The fourth-order valence-corrected chi connectivity index (χ4v) is 1.20. The second kappa shape index (κ2) is 4.88. The predicted molar refractivity (Wildman–Crippen MR) is 52.1 cm³/mol. The van der Waals surface area contributed by atoms with Gasteiger partial charge in [0.05, 0.1) is 18.6 Å². The van der Waals surface area contributed by atoms with Crippen molar-refractivity contribution in [2.45, 2.75) is 19.5 Å². The number of para-hydroxylation sites is 1. The number of benzene rings is 1. The minimum absolute atomic E-state index is 0.231. The van der Waals surface area contributed by atoms with E-state index in [1.807, 2.05) is 6.07 Å². The Morgan fingerprint density at radius 3 is 2.62 bits per heavy atom. The van der Waals surface area contributed by atoms with Crippen molar-refractivity contribution in [3.8, 4) is 11.8 Å². The summed E-state index contributed by atoms with van der Waals surface area (Å²) < 4.78 is 40.7. The Labute approximate surface area is 91.3 Å². The topological polar surface area (TPSA) is 33.0 Å². The van der Waals surface area contributed by atoms with Gasteiger partial charge in [-0.15, -0.1) is 0 Å². The molecule has 0 amide bonds. The van der Waals surface area contributed by atoms with Crippen LogP contribution in [0.25, 0.3) is 0 Å². The van der Waals surface area contributed by atoms with Crippen molar-refractivity contribution in [1.29, 1.82) is 5.26 Å². The van der Waals surface area contributed by atoms with Gasteiger partial charge < -0.3 is 4.74 Å². The van der Waals surface area contributed by atoms with E-state index in [1.165, 1.54) is 6.07 Å². The maximum absolute atomic E-state index is 11.9. The van der Waals surface area contributed by atoms with Crippen LogP contribution in [0.1, 0.15) is 17.5 Å². The van der Waals surface area contributed by atoms with E-state index < -0.39 is 19.2 Å².